The van der Waals surface area contributed by atoms with Gasteiger partial charge in [-0.3, -0.25) is 4.79 Å². The molecule has 1 amide bonds. The largest absolute Gasteiger partial charge is 0.322 e. The van der Waals surface area contributed by atoms with Crippen LogP contribution in [-0.2, 0) is 10.0 Å². The van der Waals surface area contributed by atoms with Gasteiger partial charge in [-0.2, -0.15) is 0 Å². The molecule has 8 heteroatoms. The Balaban J connectivity index is 2.35. The maximum atomic E-state index is 13.9. The van der Waals surface area contributed by atoms with Gasteiger partial charge in [-0.15, -0.1) is 0 Å². The molecule has 2 rings (SSSR count). The summed E-state index contributed by atoms with van der Waals surface area (Å²) in [5.41, 5.74) is 1.60. The van der Waals surface area contributed by atoms with Crippen molar-refractivity contribution in [1.29, 1.82) is 0 Å². The molecule has 0 atom stereocenters. The van der Waals surface area contributed by atoms with Crippen LogP contribution >= 0.6 is 15.9 Å². The number of aryl methyl sites for hydroxylation is 1. The molecule has 2 aromatic carbocycles. The van der Waals surface area contributed by atoms with E-state index in [0.717, 1.165) is 26.5 Å². The highest BCUT2D eigenvalue weighted by Crippen LogP contribution is 2.23. The van der Waals surface area contributed by atoms with Crippen LogP contribution in [0.2, 0.25) is 0 Å². The van der Waals surface area contributed by atoms with Crippen molar-refractivity contribution < 1.29 is 17.6 Å². The van der Waals surface area contributed by atoms with E-state index < -0.39 is 26.6 Å². The Hall–Kier alpha value is -1.77. The third-order valence-electron chi connectivity index (χ3n) is 3.38. The molecule has 1 N–H and O–H groups in total. The van der Waals surface area contributed by atoms with Crippen LogP contribution in [0.15, 0.2) is 45.8 Å². The van der Waals surface area contributed by atoms with Crippen molar-refractivity contribution in [2.24, 2.45) is 0 Å². The van der Waals surface area contributed by atoms with E-state index in [2.05, 4.69) is 21.2 Å². The first kappa shape index (κ1) is 18.6. The highest BCUT2D eigenvalue weighted by Gasteiger charge is 2.23. The number of amides is 1. The van der Waals surface area contributed by atoms with Gasteiger partial charge in [-0.25, -0.2) is 17.1 Å². The molecule has 0 aliphatic rings. The van der Waals surface area contributed by atoms with E-state index in [1.807, 2.05) is 13.0 Å². The number of nitrogens with zero attached hydrogens (tertiary/aromatic N) is 1. The van der Waals surface area contributed by atoms with Gasteiger partial charge in [0.05, 0.1) is 0 Å². The maximum Gasteiger partial charge on any atom is 0.255 e. The van der Waals surface area contributed by atoms with Crippen molar-refractivity contribution in [3.8, 4) is 0 Å². The molecule has 0 fully saturated rings. The lowest BCUT2D eigenvalue weighted by Gasteiger charge is -2.13. The second-order valence-electron chi connectivity index (χ2n) is 5.35. The van der Waals surface area contributed by atoms with Gasteiger partial charge in [-0.1, -0.05) is 22.0 Å². The summed E-state index contributed by atoms with van der Waals surface area (Å²) in [4.78, 5) is 11.8. The summed E-state index contributed by atoms with van der Waals surface area (Å²) in [6, 6.07) is 8.52. The summed E-state index contributed by atoms with van der Waals surface area (Å²) in [6.45, 7) is 1.91. The van der Waals surface area contributed by atoms with E-state index in [1.54, 1.807) is 12.1 Å². The Morgan fingerprint density at radius 3 is 2.42 bits per heavy atom. The smallest absolute Gasteiger partial charge is 0.255 e. The molecule has 0 aliphatic heterocycles. The second-order valence-corrected chi connectivity index (χ2v) is 8.33. The van der Waals surface area contributed by atoms with Gasteiger partial charge in [0.15, 0.2) is 0 Å². The summed E-state index contributed by atoms with van der Waals surface area (Å²) >= 11 is 3.37. The Labute approximate surface area is 148 Å². The minimum absolute atomic E-state index is 0.0496. The summed E-state index contributed by atoms with van der Waals surface area (Å²) in [6.07, 6.45) is 0. The number of rotatable bonds is 4. The lowest BCUT2D eigenvalue weighted by molar-refractivity contribution is 0.102. The molecule has 2 aromatic rings. The van der Waals surface area contributed by atoms with E-state index in [9.17, 15) is 17.6 Å². The SMILES string of the molecule is Cc1ccc(NC(=O)c2ccc(F)c(S(=O)(=O)N(C)C)c2)cc1Br. The van der Waals surface area contributed by atoms with Crippen molar-refractivity contribution in [2.75, 3.05) is 19.4 Å². The molecule has 0 heterocycles. The minimum atomic E-state index is -3.98. The van der Waals surface area contributed by atoms with Gasteiger partial charge in [0.1, 0.15) is 10.7 Å². The predicted octanol–water partition coefficient (Wildman–Crippen LogP) is 3.40. The summed E-state index contributed by atoms with van der Waals surface area (Å²) in [5.74, 6) is -1.43. The highest BCUT2D eigenvalue weighted by molar-refractivity contribution is 9.10. The molecular formula is C16H16BrFN2O3S. The molecule has 0 bridgehead atoms. The number of benzene rings is 2. The first-order valence-electron chi connectivity index (χ1n) is 6.92. The van der Waals surface area contributed by atoms with Crippen molar-refractivity contribution in [2.45, 2.75) is 11.8 Å². The van der Waals surface area contributed by atoms with Crippen LogP contribution in [0, 0.1) is 12.7 Å². The van der Waals surface area contributed by atoms with E-state index in [-0.39, 0.29) is 5.56 Å². The number of carbonyl (C=O) groups excluding carboxylic acids is 1. The van der Waals surface area contributed by atoms with E-state index in [1.165, 1.54) is 20.2 Å². The molecular weight excluding hydrogens is 399 g/mol. The highest BCUT2D eigenvalue weighted by atomic mass is 79.9. The quantitative estimate of drug-likeness (QED) is 0.833. The third kappa shape index (κ3) is 3.82. The van der Waals surface area contributed by atoms with Crippen molar-refractivity contribution in [1.82, 2.24) is 4.31 Å². The first-order chi connectivity index (χ1) is 11.1. The maximum absolute atomic E-state index is 13.9. The molecule has 128 valence electrons. The first-order valence-corrected chi connectivity index (χ1v) is 9.16. The lowest BCUT2D eigenvalue weighted by atomic mass is 10.2. The van der Waals surface area contributed by atoms with Gasteiger partial charge in [-0.05, 0) is 42.8 Å². The topological polar surface area (TPSA) is 66.5 Å². The molecule has 0 aliphatic carbocycles. The molecule has 24 heavy (non-hydrogen) atoms. The Kier molecular flexibility index (Phi) is 5.42. The fourth-order valence-electron chi connectivity index (χ4n) is 1.91. The third-order valence-corrected chi connectivity index (χ3v) is 6.07. The van der Waals surface area contributed by atoms with Crippen molar-refractivity contribution in [3.05, 3.63) is 57.8 Å². The molecule has 0 spiro atoms. The number of sulfonamides is 1. The fourth-order valence-corrected chi connectivity index (χ4v) is 3.28. The monoisotopic (exact) mass is 414 g/mol. The van der Waals surface area contributed by atoms with Crippen LogP contribution in [0.1, 0.15) is 15.9 Å². The van der Waals surface area contributed by atoms with Crippen LogP contribution in [0.25, 0.3) is 0 Å². The summed E-state index contributed by atoms with van der Waals surface area (Å²) < 4.78 is 39.8. The van der Waals surface area contributed by atoms with Gasteiger partial charge < -0.3 is 5.32 Å². The number of halogens is 2. The van der Waals surface area contributed by atoms with Crippen LogP contribution < -0.4 is 5.32 Å². The molecule has 0 unspecified atom stereocenters. The predicted molar refractivity (Wildman–Crippen MR) is 94.1 cm³/mol. The Morgan fingerprint density at radius 2 is 1.83 bits per heavy atom. The number of carbonyl (C=O) groups is 1. The number of nitrogens with one attached hydrogen (secondary N) is 1. The fraction of sp³-hybridized carbons (Fsp3) is 0.188. The zero-order valence-corrected chi connectivity index (χ0v) is 15.7. The van der Waals surface area contributed by atoms with E-state index in [0.29, 0.717) is 5.69 Å². The van der Waals surface area contributed by atoms with E-state index >= 15 is 0 Å². The van der Waals surface area contributed by atoms with E-state index in [4.69, 9.17) is 0 Å². The number of anilines is 1. The summed E-state index contributed by atoms with van der Waals surface area (Å²) in [5, 5.41) is 2.65. The lowest BCUT2D eigenvalue weighted by Crippen LogP contribution is -2.24. The van der Waals surface area contributed by atoms with Gasteiger partial charge in [0.2, 0.25) is 10.0 Å². The Morgan fingerprint density at radius 1 is 1.17 bits per heavy atom. The number of hydrogen-bond acceptors (Lipinski definition) is 3. The van der Waals surface area contributed by atoms with Crippen LogP contribution in [0.5, 0.6) is 0 Å². The zero-order valence-electron chi connectivity index (χ0n) is 13.3. The number of hydrogen-bond donors (Lipinski definition) is 1. The van der Waals surface area contributed by atoms with Gasteiger partial charge in [0.25, 0.3) is 5.91 Å². The standard InChI is InChI=1S/C16H16BrFN2O3S/c1-10-4-6-12(9-13(10)17)19-16(21)11-5-7-14(18)15(8-11)24(22,23)20(2)3/h4-9H,1-3H3,(H,19,21). The van der Waals surface area contributed by atoms with Crippen LogP contribution in [0.3, 0.4) is 0 Å². The van der Waals surface area contributed by atoms with Crippen LogP contribution in [0.4, 0.5) is 10.1 Å². The molecule has 5 nitrogen and oxygen atoms in total. The molecule has 0 saturated heterocycles. The Bertz CT molecular complexity index is 898. The van der Waals surface area contributed by atoms with Gasteiger partial charge in [0, 0.05) is 29.8 Å². The zero-order chi connectivity index (χ0) is 18.1. The van der Waals surface area contributed by atoms with Gasteiger partial charge >= 0.3 is 0 Å². The summed E-state index contributed by atoms with van der Waals surface area (Å²) in [7, 11) is -1.38. The normalized spacial score (nSPS) is 11.6. The molecule has 0 radical (unpaired) electrons. The van der Waals surface area contributed by atoms with Crippen molar-refractivity contribution >= 4 is 37.5 Å². The second kappa shape index (κ2) is 7.00. The van der Waals surface area contributed by atoms with Crippen LogP contribution in [-0.4, -0.2) is 32.7 Å². The molecule has 0 saturated carbocycles. The van der Waals surface area contributed by atoms with Crippen molar-refractivity contribution in [3.63, 3.8) is 0 Å². The average Bonchev–Trinajstić information content (AvgIpc) is 2.51. The minimum Gasteiger partial charge on any atom is -0.322 e. The molecule has 0 aromatic heterocycles. The average molecular weight is 415 g/mol.